The van der Waals surface area contributed by atoms with Gasteiger partial charge in [-0.1, -0.05) is 12.1 Å². The fraction of sp³-hybridized carbons (Fsp3) is 0.188. The lowest BCUT2D eigenvalue weighted by molar-refractivity contribution is -0.385. The molecule has 6 heteroatoms. The number of rotatable bonds is 4. The molecule has 2 aromatic carbocycles. The lowest BCUT2D eigenvalue weighted by atomic mass is 10.1. The van der Waals surface area contributed by atoms with Gasteiger partial charge < -0.3 is 10.1 Å². The van der Waals surface area contributed by atoms with Gasteiger partial charge in [-0.3, -0.25) is 14.9 Å². The van der Waals surface area contributed by atoms with Crippen LogP contribution in [0.4, 0.5) is 11.4 Å². The lowest BCUT2D eigenvalue weighted by Gasteiger charge is -2.12. The van der Waals surface area contributed by atoms with Gasteiger partial charge in [0.15, 0.2) is 0 Å². The van der Waals surface area contributed by atoms with Crippen LogP contribution in [-0.4, -0.2) is 17.9 Å². The highest BCUT2D eigenvalue weighted by molar-refractivity contribution is 6.06. The van der Waals surface area contributed by atoms with E-state index in [0.29, 0.717) is 17.0 Å². The van der Waals surface area contributed by atoms with Crippen LogP contribution >= 0.6 is 0 Å². The molecule has 22 heavy (non-hydrogen) atoms. The van der Waals surface area contributed by atoms with Crippen LogP contribution in [0.2, 0.25) is 0 Å². The average molecular weight is 300 g/mol. The molecule has 2 aromatic rings. The SMILES string of the molecule is COc1ccc(C)cc1NC(=O)c1cccc([N+](=O)[O-])c1C. The van der Waals surface area contributed by atoms with Crippen LogP contribution in [0.5, 0.6) is 5.75 Å². The minimum Gasteiger partial charge on any atom is -0.495 e. The smallest absolute Gasteiger partial charge is 0.273 e. The summed E-state index contributed by atoms with van der Waals surface area (Å²) >= 11 is 0. The molecule has 0 atom stereocenters. The van der Waals surface area contributed by atoms with E-state index in [1.807, 2.05) is 13.0 Å². The number of hydrogen-bond acceptors (Lipinski definition) is 4. The number of aryl methyl sites for hydroxylation is 1. The van der Waals surface area contributed by atoms with Gasteiger partial charge in [0.05, 0.1) is 17.7 Å². The Bertz CT molecular complexity index is 741. The predicted molar refractivity (Wildman–Crippen MR) is 83.5 cm³/mol. The van der Waals surface area contributed by atoms with Crippen LogP contribution in [0, 0.1) is 24.0 Å². The van der Waals surface area contributed by atoms with Gasteiger partial charge in [-0.15, -0.1) is 0 Å². The molecule has 1 amide bonds. The molecular weight excluding hydrogens is 284 g/mol. The number of nitro benzene ring substituents is 1. The van der Waals surface area contributed by atoms with Crippen LogP contribution in [0.25, 0.3) is 0 Å². The van der Waals surface area contributed by atoms with Gasteiger partial charge in [0.2, 0.25) is 0 Å². The lowest BCUT2D eigenvalue weighted by Crippen LogP contribution is -2.14. The van der Waals surface area contributed by atoms with E-state index in [1.165, 1.54) is 19.2 Å². The molecule has 0 aliphatic rings. The first-order chi connectivity index (χ1) is 10.4. The number of amides is 1. The summed E-state index contributed by atoms with van der Waals surface area (Å²) in [6.07, 6.45) is 0. The fourth-order valence-electron chi connectivity index (χ4n) is 2.18. The molecule has 2 rings (SSSR count). The normalized spacial score (nSPS) is 10.1. The molecule has 0 heterocycles. The number of benzene rings is 2. The summed E-state index contributed by atoms with van der Waals surface area (Å²) < 4.78 is 5.21. The third kappa shape index (κ3) is 3.06. The second-order valence-electron chi connectivity index (χ2n) is 4.86. The van der Waals surface area contributed by atoms with Gasteiger partial charge in [-0.2, -0.15) is 0 Å². The monoisotopic (exact) mass is 300 g/mol. The molecule has 0 aromatic heterocycles. The van der Waals surface area contributed by atoms with E-state index >= 15 is 0 Å². The van der Waals surface area contributed by atoms with Crippen molar-refractivity contribution in [2.45, 2.75) is 13.8 Å². The highest BCUT2D eigenvalue weighted by atomic mass is 16.6. The Morgan fingerprint density at radius 2 is 1.95 bits per heavy atom. The van der Waals surface area contributed by atoms with Crippen molar-refractivity contribution >= 4 is 17.3 Å². The molecule has 0 saturated heterocycles. The Kier molecular flexibility index (Phi) is 4.41. The van der Waals surface area contributed by atoms with E-state index in [2.05, 4.69) is 5.32 Å². The standard InChI is InChI=1S/C16H16N2O4/c1-10-7-8-15(22-3)13(9-10)17-16(19)12-5-4-6-14(11(12)2)18(20)21/h4-9H,1-3H3,(H,17,19). The molecule has 114 valence electrons. The summed E-state index contributed by atoms with van der Waals surface area (Å²) in [6.45, 7) is 3.45. The van der Waals surface area contributed by atoms with Crippen LogP contribution < -0.4 is 10.1 Å². The zero-order chi connectivity index (χ0) is 16.3. The van der Waals surface area contributed by atoms with Crippen LogP contribution in [0.1, 0.15) is 21.5 Å². The van der Waals surface area contributed by atoms with Gasteiger partial charge in [-0.25, -0.2) is 0 Å². The number of nitro groups is 1. The third-order valence-electron chi connectivity index (χ3n) is 3.35. The van der Waals surface area contributed by atoms with Gasteiger partial charge in [-0.05, 0) is 37.6 Å². The number of carbonyl (C=O) groups is 1. The molecule has 0 spiro atoms. The number of hydrogen-bond donors (Lipinski definition) is 1. The van der Waals surface area contributed by atoms with E-state index in [0.717, 1.165) is 5.56 Å². The van der Waals surface area contributed by atoms with Crippen molar-refractivity contribution in [3.8, 4) is 5.75 Å². The predicted octanol–water partition coefficient (Wildman–Crippen LogP) is 3.47. The summed E-state index contributed by atoms with van der Waals surface area (Å²) in [7, 11) is 1.51. The van der Waals surface area contributed by atoms with Gasteiger partial charge in [0.25, 0.3) is 11.6 Å². The second-order valence-corrected chi connectivity index (χ2v) is 4.86. The largest absolute Gasteiger partial charge is 0.495 e. The summed E-state index contributed by atoms with van der Waals surface area (Å²) in [5, 5.41) is 13.7. The molecule has 0 aliphatic heterocycles. The first-order valence-electron chi connectivity index (χ1n) is 6.64. The van der Waals surface area contributed by atoms with E-state index in [1.54, 1.807) is 25.1 Å². The average Bonchev–Trinajstić information content (AvgIpc) is 2.47. The maximum absolute atomic E-state index is 12.4. The summed E-state index contributed by atoms with van der Waals surface area (Å²) in [4.78, 5) is 22.9. The van der Waals surface area contributed by atoms with Gasteiger partial charge in [0, 0.05) is 17.2 Å². The molecule has 0 bridgehead atoms. The van der Waals surface area contributed by atoms with Crippen LogP contribution in [-0.2, 0) is 0 Å². The molecule has 0 unspecified atom stereocenters. The van der Waals surface area contributed by atoms with E-state index in [-0.39, 0.29) is 11.3 Å². The van der Waals surface area contributed by atoms with Crippen molar-refractivity contribution in [2.75, 3.05) is 12.4 Å². The number of anilines is 1. The maximum atomic E-state index is 12.4. The molecule has 0 saturated carbocycles. The highest BCUT2D eigenvalue weighted by Gasteiger charge is 2.18. The minimum absolute atomic E-state index is 0.0798. The molecule has 0 radical (unpaired) electrons. The molecule has 0 aliphatic carbocycles. The number of carbonyl (C=O) groups excluding carboxylic acids is 1. The third-order valence-corrected chi connectivity index (χ3v) is 3.35. The highest BCUT2D eigenvalue weighted by Crippen LogP contribution is 2.27. The zero-order valence-corrected chi connectivity index (χ0v) is 12.5. The molecule has 1 N–H and O–H groups in total. The van der Waals surface area contributed by atoms with E-state index in [9.17, 15) is 14.9 Å². The van der Waals surface area contributed by atoms with Crippen molar-refractivity contribution in [2.24, 2.45) is 0 Å². The quantitative estimate of drug-likeness (QED) is 0.692. The molecule has 6 nitrogen and oxygen atoms in total. The van der Waals surface area contributed by atoms with Crippen molar-refractivity contribution in [1.82, 2.24) is 0 Å². The van der Waals surface area contributed by atoms with Crippen molar-refractivity contribution in [3.63, 3.8) is 0 Å². The van der Waals surface area contributed by atoms with E-state index < -0.39 is 10.8 Å². The van der Waals surface area contributed by atoms with Gasteiger partial charge in [0.1, 0.15) is 5.75 Å². The fourth-order valence-corrected chi connectivity index (χ4v) is 2.18. The topological polar surface area (TPSA) is 81.5 Å². The summed E-state index contributed by atoms with van der Waals surface area (Å²) in [5.41, 5.74) is 2.00. The molecule has 0 fully saturated rings. The Morgan fingerprint density at radius 1 is 1.23 bits per heavy atom. The number of ether oxygens (including phenoxy) is 1. The van der Waals surface area contributed by atoms with Crippen molar-refractivity contribution < 1.29 is 14.5 Å². The number of methoxy groups -OCH3 is 1. The first kappa shape index (κ1) is 15.5. The van der Waals surface area contributed by atoms with Gasteiger partial charge >= 0.3 is 0 Å². The Morgan fingerprint density at radius 3 is 2.59 bits per heavy atom. The van der Waals surface area contributed by atoms with Crippen LogP contribution in [0.15, 0.2) is 36.4 Å². The van der Waals surface area contributed by atoms with Crippen LogP contribution in [0.3, 0.4) is 0 Å². The zero-order valence-electron chi connectivity index (χ0n) is 12.5. The maximum Gasteiger partial charge on any atom is 0.273 e. The minimum atomic E-state index is -0.501. The number of nitrogens with zero attached hydrogens (tertiary/aromatic N) is 1. The Balaban J connectivity index is 2.36. The molecular formula is C16H16N2O4. The number of nitrogens with one attached hydrogen (secondary N) is 1. The van der Waals surface area contributed by atoms with E-state index in [4.69, 9.17) is 4.74 Å². The van der Waals surface area contributed by atoms with Crippen molar-refractivity contribution in [1.29, 1.82) is 0 Å². The first-order valence-corrected chi connectivity index (χ1v) is 6.64. The second kappa shape index (κ2) is 6.26. The Hall–Kier alpha value is -2.89. The summed E-state index contributed by atoms with van der Waals surface area (Å²) in [5.74, 6) is 0.118. The summed E-state index contributed by atoms with van der Waals surface area (Å²) in [6, 6.07) is 9.83. The Labute approximate surface area is 127 Å². The van der Waals surface area contributed by atoms with Crippen molar-refractivity contribution in [3.05, 3.63) is 63.2 Å².